The molecule has 0 aliphatic heterocycles. The summed E-state index contributed by atoms with van der Waals surface area (Å²) in [5.74, 6) is 0. The van der Waals surface area contributed by atoms with Gasteiger partial charge in [0.15, 0.2) is 0 Å². The highest BCUT2D eigenvalue weighted by Crippen LogP contribution is 2.41. The molecule has 0 aliphatic rings. The van der Waals surface area contributed by atoms with E-state index in [1.807, 2.05) is 0 Å². The van der Waals surface area contributed by atoms with Crippen molar-refractivity contribution in [1.82, 2.24) is 4.57 Å². The summed E-state index contributed by atoms with van der Waals surface area (Å²) in [6.07, 6.45) is -8.91. The van der Waals surface area contributed by atoms with Crippen LogP contribution < -0.4 is 5.56 Å². The van der Waals surface area contributed by atoms with E-state index in [1.54, 1.807) is 20.8 Å². The van der Waals surface area contributed by atoms with E-state index in [9.17, 15) is 31.1 Å². The van der Waals surface area contributed by atoms with Gasteiger partial charge in [0, 0.05) is 11.7 Å². The van der Waals surface area contributed by atoms with Gasteiger partial charge in [-0.25, -0.2) is 0 Å². The molecule has 2 aromatic rings. The van der Waals surface area contributed by atoms with Crippen LogP contribution in [0.3, 0.4) is 0 Å². The molecule has 0 aliphatic carbocycles. The predicted octanol–water partition coefficient (Wildman–Crippen LogP) is 5.31. The van der Waals surface area contributed by atoms with Gasteiger partial charge in [0.2, 0.25) is 0 Å². The zero-order chi connectivity index (χ0) is 19.2. The molecule has 0 spiro atoms. The van der Waals surface area contributed by atoms with E-state index < -0.39 is 45.7 Å². The molecule has 136 valence electrons. The van der Waals surface area contributed by atoms with Gasteiger partial charge in [-0.2, -0.15) is 26.3 Å². The number of alkyl halides is 6. The van der Waals surface area contributed by atoms with Crippen LogP contribution in [0.4, 0.5) is 26.3 Å². The highest BCUT2D eigenvalue weighted by Gasteiger charge is 2.40. The normalized spacial score (nSPS) is 13.2. The fourth-order valence-corrected chi connectivity index (χ4v) is 2.51. The van der Waals surface area contributed by atoms with Crippen LogP contribution in [0.5, 0.6) is 0 Å². The van der Waals surface area contributed by atoms with E-state index in [0.717, 1.165) is 22.9 Å². The molecule has 2 nitrogen and oxygen atoms in total. The van der Waals surface area contributed by atoms with E-state index in [4.69, 9.17) is 0 Å². The number of halogens is 6. The number of rotatable bonds is 1. The summed E-state index contributed by atoms with van der Waals surface area (Å²) in [6.45, 7) is 4.71. The Balaban J connectivity index is 2.97. The molecule has 0 amide bonds. The summed E-state index contributed by atoms with van der Waals surface area (Å²) in [6, 6.07) is 4.39. The summed E-state index contributed by atoms with van der Waals surface area (Å²) in [5.41, 5.74) is -6.50. The first-order chi connectivity index (χ1) is 11.2. The molecule has 8 heteroatoms. The first-order valence-electron chi connectivity index (χ1n) is 7.24. The van der Waals surface area contributed by atoms with Gasteiger partial charge in [-0.15, -0.1) is 0 Å². The Kier molecular flexibility index (Phi) is 4.52. The van der Waals surface area contributed by atoms with Gasteiger partial charge >= 0.3 is 12.4 Å². The van der Waals surface area contributed by atoms with Crippen LogP contribution in [0.2, 0.25) is 0 Å². The number of pyridine rings is 1. The molecule has 0 saturated heterocycles. The fraction of sp³-hybridized carbons (Fsp3) is 0.353. The Morgan fingerprint density at radius 1 is 0.800 bits per heavy atom. The van der Waals surface area contributed by atoms with Crippen LogP contribution in [-0.2, 0) is 17.9 Å². The van der Waals surface area contributed by atoms with Crippen LogP contribution in [0, 0.1) is 0 Å². The fourth-order valence-electron chi connectivity index (χ4n) is 2.51. The number of nitrogens with zero attached hydrogens (tertiary/aromatic N) is 1. The van der Waals surface area contributed by atoms with Crippen molar-refractivity contribution in [3.63, 3.8) is 0 Å². The molecular formula is C17H15F6NO. The average molecular weight is 363 g/mol. The van der Waals surface area contributed by atoms with Gasteiger partial charge in [0.05, 0.1) is 16.7 Å². The molecule has 0 fully saturated rings. The third-order valence-electron chi connectivity index (χ3n) is 3.62. The van der Waals surface area contributed by atoms with Crippen molar-refractivity contribution in [3.8, 4) is 11.1 Å². The topological polar surface area (TPSA) is 22.0 Å². The lowest BCUT2D eigenvalue weighted by Crippen LogP contribution is -2.35. The maximum atomic E-state index is 13.3. The zero-order valence-corrected chi connectivity index (χ0v) is 13.6. The van der Waals surface area contributed by atoms with E-state index in [1.165, 1.54) is 6.07 Å². The van der Waals surface area contributed by atoms with Crippen molar-refractivity contribution in [2.45, 2.75) is 38.7 Å². The molecule has 1 aromatic heterocycles. The summed E-state index contributed by atoms with van der Waals surface area (Å²) >= 11 is 0. The first-order valence-corrected chi connectivity index (χ1v) is 7.24. The molecule has 0 radical (unpaired) electrons. The van der Waals surface area contributed by atoms with Gasteiger partial charge in [-0.3, -0.25) is 4.79 Å². The Morgan fingerprint density at radius 2 is 1.32 bits per heavy atom. The summed E-state index contributed by atoms with van der Waals surface area (Å²) in [7, 11) is 0. The van der Waals surface area contributed by atoms with Crippen LogP contribution in [0.25, 0.3) is 11.1 Å². The molecular weight excluding hydrogens is 348 g/mol. The summed E-state index contributed by atoms with van der Waals surface area (Å²) < 4.78 is 80.7. The first kappa shape index (κ1) is 19.1. The highest BCUT2D eigenvalue weighted by atomic mass is 19.4. The van der Waals surface area contributed by atoms with Crippen LogP contribution in [0.1, 0.15) is 31.9 Å². The van der Waals surface area contributed by atoms with Crippen molar-refractivity contribution >= 4 is 0 Å². The minimum Gasteiger partial charge on any atom is -0.310 e. The van der Waals surface area contributed by atoms with Crippen LogP contribution in [-0.4, -0.2) is 4.57 Å². The summed E-state index contributed by atoms with van der Waals surface area (Å²) in [5, 5.41) is 0. The summed E-state index contributed by atoms with van der Waals surface area (Å²) in [4.78, 5) is 12.7. The van der Waals surface area contributed by atoms with E-state index >= 15 is 0 Å². The zero-order valence-electron chi connectivity index (χ0n) is 13.6. The molecule has 1 aromatic carbocycles. The molecule has 25 heavy (non-hydrogen) atoms. The highest BCUT2D eigenvalue weighted by molar-refractivity contribution is 5.71. The van der Waals surface area contributed by atoms with Crippen molar-refractivity contribution in [2.24, 2.45) is 0 Å². The maximum absolute atomic E-state index is 13.3. The lowest BCUT2D eigenvalue weighted by molar-refractivity contribution is -0.139. The molecule has 0 N–H and O–H groups in total. The SMILES string of the molecule is CC(C)(C)n1ccc(C(F)(F)F)c(-c2ccccc2C(F)(F)F)c1=O. The van der Waals surface area contributed by atoms with E-state index in [0.29, 0.717) is 12.1 Å². The monoisotopic (exact) mass is 363 g/mol. The maximum Gasteiger partial charge on any atom is 0.417 e. The minimum absolute atomic E-state index is 0.634. The lowest BCUT2D eigenvalue weighted by atomic mass is 9.95. The van der Waals surface area contributed by atoms with Crippen molar-refractivity contribution < 1.29 is 26.3 Å². The van der Waals surface area contributed by atoms with Gasteiger partial charge in [-0.1, -0.05) is 18.2 Å². The Hall–Kier alpha value is -2.25. The van der Waals surface area contributed by atoms with Crippen molar-refractivity contribution in [1.29, 1.82) is 0 Å². The van der Waals surface area contributed by atoms with E-state index in [-0.39, 0.29) is 0 Å². The smallest absolute Gasteiger partial charge is 0.310 e. The van der Waals surface area contributed by atoms with Crippen LogP contribution >= 0.6 is 0 Å². The second-order valence-electron chi connectivity index (χ2n) is 6.49. The number of aromatic nitrogens is 1. The minimum atomic E-state index is -4.97. The van der Waals surface area contributed by atoms with E-state index in [2.05, 4.69) is 0 Å². The molecule has 2 rings (SSSR count). The molecule has 0 atom stereocenters. The van der Waals surface area contributed by atoms with Crippen LogP contribution in [0.15, 0.2) is 41.3 Å². The second-order valence-corrected chi connectivity index (χ2v) is 6.49. The third kappa shape index (κ3) is 3.72. The van der Waals surface area contributed by atoms with Crippen molar-refractivity contribution in [2.75, 3.05) is 0 Å². The lowest BCUT2D eigenvalue weighted by Gasteiger charge is -2.25. The molecule has 0 bridgehead atoms. The Labute approximate surface area is 139 Å². The third-order valence-corrected chi connectivity index (χ3v) is 3.62. The average Bonchev–Trinajstić information content (AvgIpc) is 2.43. The predicted molar refractivity (Wildman–Crippen MR) is 81.1 cm³/mol. The number of hydrogen-bond donors (Lipinski definition) is 0. The standard InChI is InChI=1S/C17H15F6NO/c1-15(2,3)24-9-8-12(17(21,22)23)13(14(24)25)10-6-4-5-7-11(10)16(18,19)20/h4-9H,1-3H3. The van der Waals surface area contributed by atoms with Crippen molar-refractivity contribution in [3.05, 3.63) is 58.0 Å². The van der Waals surface area contributed by atoms with Gasteiger partial charge in [-0.05, 0) is 38.5 Å². The Morgan fingerprint density at radius 3 is 1.80 bits per heavy atom. The quantitative estimate of drug-likeness (QED) is 0.630. The van der Waals surface area contributed by atoms with Gasteiger partial charge < -0.3 is 4.57 Å². The largest absolute Gasteiger partial charge is 0.417 e. The van der Waals surface area contributed by atoms with Gasteiger partial charge in [0.25, 0.3) is 5.56 Å². The van der Waals surface area contributed by atoms with Gasteiger partial charge in [0.1, 0.15) is 0 Å². The number of hydrogen-bond acceptors (Lipinski definition) is 1. The number of benzene rings is 1. The molecule has 1 heterocycles. The molecule has 0 unspecified atom stereocenters. The second kappa shape index (κ2) is 5.93. The Bertz CT molecular complexity index is 840. The molecule has 0 saturated carbocycles.